The Balaban J connectivity index is 2.08. The molecule has 2 aliphatic rings. The molecule has 2 nitrogen and oxygen atoms in total. The van der Waals surface area contributed by atoms with Gasteiger partial charge in [-0.25, -0.2) is 0 Å². The molecule has 1 saturated carbocycles. The van der Waals surface area contributed by atoms with E-state index in [4.69, 9.17) is 0 Å². The Morgan fingerprint density at radius 1 is 1.20 bits per heavy atom. The van der Waals surface area contributed by atoms with E-state index in [-0.39, 0.29) is 0 Å². The Kier molecular flexibility index (Phi) is 6.25. The zero-order valence-electron chi connectivity index (χ0n) is 14.0. The van der Waals surface area contributed by atoms with Gasteiger partial charge in [0.25, 0.3) is 0 Å². The Labute approximate surface area is 130 Å². The lowest BCUT2D eigenvalue weighted by Gasteiger charge is -2.51. The molecule has 20 heavy (non-hydrogen) atoms. The standard InChI is InChI=1S/C17H34N2S/c1-5-14-12-18-17(6-2,7-3)13-19(14)15-9-8-10-16(11-15)20-4/h14-16,18H,5-13H2,1-4H3. The van der Waals surface area contributed by atoms with Crippen molar-refractivity contribution >= 4 is 11.8 Å². The van der Waals surface area contributed by atoms with Crippen molar-refractivity contribution in [3.8, 4) is 0 Å². The molecule has 1 aliphatic heterocycles. The van der Waals surface area contributed by atoms with Crippen LogP contribution in [0.3, 0.4) is 0 Å². The van der Waals surface area contributed by atoms with Gasteiger partial charge < -0.3 is 5.32 Å². The molecular weight excluding hydrogens is 264 g/mol. The number of nitrogens with zero attached hydrogens (tertiary/aromatic N) is 1. The quantitative estimate of drug-likeness (QED) is 0.828. The molecule has 0 aromatic heterocycles. The summed E-state index contributed by atoms with van der Waals surface area (Å²) < 4.78 is 0. The normalized spacial score (nSPS) is 35.1. The number of piperazine rings is 1. The van der Waals surface area contributed by atoms with E-state index in [0.717, 1.165) is 17.3 Å². The van der Waals surface area contributed by atoms with Gasteiger partial charge in [0, 0.05) is 36.0 Å². The van der Waals surface area contributed by atoms with Crippen LogP contribution in [0.15, 0.2) is 0 Å². The lowest BCUT2D eigenvalue weighted by atomic mass is 9.84. The first-order valence-corrected chi connectivity index (χ1v) is 10.00. The fourth-order valence-corrected chi connectivity index (χ4v) is 4.97. The van der Waals surface area contributed by atoms with Gasteiger partial charge in [-0.15, -0.1) is 0 Å². The molecule has 0 spiro atoms. The Morgan fingerprint density at radius 2 is 1.95 bits per heavy atom. The first kappa shape index (κ1) is 16.6. The van der Waals surface area contributed by atoms with Crippen molar-refractivity contribution in [2.45, 2.75) is 88.6 Å². The largest absolute Gasteiger partial charge is 0.308 e. The fourth-order valence-electron chi connectivity index (χ4n) is 4.15. The SMILES string of the molecule is CCC1CNC(CC)(CC)CN1C1CCCC(SC)C1. The van der Waals surface area contributed by atoms with Crippen LogP contribution >= 0.6 is 11.8 Å². The number of thioether (sulfide) groups is 1. The molecule has 3 unspecified atom stereocenters. The van der Waals surface area contributed by atoms with Crippen LogP contribution in [0.5, 0.6) is 0 Å². The van der Waals surface area contributed by atoms with Crippen molar-refractivity contribution in [2.24, 2.45) is 0 Å². The second kappa shape index (κ2) is 7.51. The Morgan fingerprint density at radius 3 is 2.55 bits per heavy atom. The predicted molar refractivity (Wildman–Crippen MR) is 91.7 cm³/mol. The van der Waals surface area contributed by atoms with E-state index >= 15 is 0 Å². The van der Waals surface area contributed by atoms with Crippen molar-refractivity contribution in [2.75, 3.05) is 19.3 Å². The van der Waals surface area contributed by atoms with Crippen LogP contribution < -0.4 is 5.32 Å². The number of nitrogens with one attached hydrogen (secondary N) is 1. The van der Waals surface area contributed by atoms with Crippen LogP contribution in [0.25, 0.3) is 0 Å². The van der Waals surface area contributed by atoms with E-state index in [1.165, 1.54) is 58.0 Å². The molecule has 118 valence electrons. The summed E-state index contributed by atoms with van der Waals surface area (Å²) in [6.45, 7) is 9.53. The van der Waals surface area contributed by atoms with Gasteiger partial charge in [-0.05, 0) is 44.8 Å². The van der Waals surface area contributed by atoms with Gasteiger partial charge in [0.1, 0.15) is 0 Å². The Hall–Kier alpha value is 0.270. The molecule has 0 bridgehead atoms. The molecule has 0 radical (unpaired) electrons. The summed E-state index contributed by atoms with van der Waals surface area (Å²) >= 11 is 2.09. The third-order valence-corrected chi connectivity index (χ3v) is 6.99. The van der Waals surface area contributed by atoms with E-state index in [2.05, 4.69) is 49.0 Å². The summed E-state index contributed by atoms with van der Waals surface area (Å²) in [6.07, 6.45) is 11.8. The molecule has 1 saturated heterocycles. The van der Waals surface area contributed by atoms with Gasteiger partial charge in [0.05, 0.1) is 0 Å². The number of rotatable bonds is 5. The summed E-state index contributed by atoms with van der Waals surface area (Å²) in [5, 5.41) is 4.78. The fraction of sp³-hybridized carbons (Fsp3) is 1.00. The highest BCUT2D eigenvalue weighted by atomic mass is 32.2. The molecular formula is C17H34N2S. The smallest absolute Gasteiger partial charge is 0.0304 e. The van der Waals surface area contributed by atoms with E-state index in [9.17, 15) is 0 Å². The monoisotopic (exact) mass is 298 g/mol. The van der Waals surface area contributed by atoms with Gasteiger partial charge in [0.2, 0.25) is 0 Å². The topological polar surface area (TPSA) is 15.3 Å². The van der Waals surface area contributed by atoms with Crippen LogP contribution in [0, 0.1) is 0 Å². The summed E-state index contributed by atoms with van der Waals surface area (Å²) in [6, 6.07) is 1.59. The summed E-state index contributed by atoms with van der Waals surface area (Å²) in [7, 11) is 0. The molecule has 1 aliphatic carbocycles. The van der Waals surface area contributed by atoms with Crippen molar-refractivity contribution in [1.29, 1.82) is 0 Å². The van der Waals surface area contributed by atoms with Crippen LogP contribution in [-0.2, 0) is 0 Å². The van der Waals surface area contributed by atoms with Gasteiger partial charge >= 0.3 is 0 Å². The predicted octanol–water partition coefficient (Wildman–Crippen LogP) is 3.90. The average Bonchev–Trinajstić information content (AvgIpc) is 2.54. The Bertz CT molecular complexity index is 291. The highest BCUT2D eigenvalue weighted by Crippen LogP contribution is 2.34. The second-order valence-electron chi connectivity index (χ2n) is 6.78. The lowest BCUT2D eigenvalue weighted by molar-refractivity contribution is 0.0224. The maximum atomic E-state index is 3.88. The van der Waals surface area contributed by atoms with Crippen LogP contribution in [0.1, 0.15) is 65.7 Å². The zero-order chi connectivity index (χ0) is 14.6. The van der Waals surface area contributed by atoms with E-state index in [1.807, 2.05) is 0 Å². The molecule has 0 aromatic carbocycles. The van der Waals surface area contributed by atoms with Crippen LogP contribution in [-0.4, -0.2) is 47.1 Å². The van der Waals surface area contributed by atoms with Crippen molar-refractivity contribution in [1.82, 2.24) is 10.2 Å². The summed E-state index contributed by atoms with van der Waals surface area (Å²) in [4.78, 5) is 2.89. The summed E-state index contributed by atoms with van der Waals surface area (Å²) in [5.74, 6) is 0. The van der Waals surface area contributed by atoms with Gasteiger partial charge in [-0.3, -0.25) is 4.90 Å². The molecule has 2 fully saturated rings. The maximum absolute atomic E-state index is 3.88. The minimum absolute atomic E-state index is 0.373. The highest BCUT2D eigenvalue weighted by Gasteiger charge is 2.40. The van der Waals surface area contributed by atoms with E-state index in [1.54, 1.807) is 0 Å². The molecule has 0 amide bonds. The first-order chi connectivity index (χ1) is 9.68. The average molecular weight is 299 g/mol. The van der Waals surface area contributed by atoms with E-state index < -0.39 is 0 Å². The van der Waals surface area contributed by atoms with Crippen LogP contribution in [0.4, 0.5) is 0 Å². The van der Waals surface area contributed by atoms with Crippen molar-refractivity contribution in [3.05, 3.63) is 0 Å². The van der Waals surface area contributed by atoms with Crippen molar-refractivity contribution in [3.63, 3.8) is 0 Å². The van der Waals surface area contributed by atoms with Gasteiger partial charge in [-0.2, -0.15) is 11.8 Å². The second-order valence-corrected chi connectivity index (χ2v) is 7.92. The van der Waals surface area contributed by atoms with E-state index in [0.29, 0.717) is 5.54 Å². The zero-order valence-corrected chi connectivity index (χ0v) is 14.8. The van der Waals surface area contributed by atoms with Crippen molar-refractivity contribution < 1.29 is 0 Å². The highest BCUT2D eigenvalue weighted by molar-refractivity contribution is 7.99. The number of hydrogen-bond acceptors (Lipinski definition) is 3. The molecule has 0 aromatic rings. The first-order valence-electron chi connectivity index (χ1n) is 8.71. The third kappa shape index (κ3) is 3.53. The maximum Gasteiger partial charge on any atom is 0.0304 e. The molecule has 3 atom stereocenters. The molecule has 1 N–H and O–H groups in total. The molecule has 2 rings (SSSR count). The summed E-state index contributed by atoms with van der Waals surface area (Å²) in [5.41, 5.74) is 0.373. The minimum Gasteiger partial charge on any atom is -0.308 e. The van der Waals surface area contributed by atoms with Crippen LogP contribution in [0.2, 0.25) is 0 Å². The number of hydrogen-bond donors (Lipinski definition) is 1. The van der Waals surface area contributed by atoms with Gasteiger partial charge in [-0.1, -0.05) is 27.2 Å². The molecule has 3 heteroatoms. The lowest BCUT2D eigenvalue weighted by Crippen LogP contribution is -2.66. The third-order valence-electron chi connectivity index (χ3n) is 5.89. The van der Waals surface area contributed by atoms with Gasteiger partial charge in [0.15, 0.2) is 0 Å². The minimum atomic E-state index is 0.373. The molecule has 1 heterocycles.